The van der Waals surface area contributed by atoms with Crippen molar-refractivity contribution in [3.05, 3.63) is 53.9 Å². The van der Waals surface area contributed by atoms with Crippen molar-refractivity contribution in [2.24, 2.45) is 12.5 Å². The third-order valence-electron chi connectivity index (χ3n) is 8.10. The Morgan fingerprint density at radius 2 is 1.92 bits per heavy atom. The number of rotatable bonds is 5. The highest BCUT2D eigenvalue weighted by atomic mass is 16.2. The number of amides is 2. The van der Waals surface area contributed by atoms with Crippen molar-refractivity contribution in [1.82, 2.24) is 19.4 Å². The first kappa shape index (κ1) is 25.7. The highest BCUT2D eigenvalue weighted by Gasteiger charge is 2.39. The quantitative estimate of drug-likeness (QED) is 0.455. The van der Waals surface area contributed by atoms with Crippen LogP contribution >= 0.6 is 0 Å². The van der Waals surface area contributed by atoms with Crippen molar-refractivity contribution in [3.63, 3.8) is 0 Å². The summed E-state index contributed by atoms with van der Waals surface area (Å²) in [6.07, 6.45) is 8.14. The predicted molar refractivity (Wildman–Crippen MR) is 152 cm³/mol. The van der Waals surface area contributed by atoms with Gasteiger partial charge in [0.25, 0.3) is 5.91 Å². The van der Waals surface area contributed by atoms with Crippen molar-refractivity contribution in [2.45, 2.75) is 52.9 Å². The number of fused-ring (bicyclic) bond motifs is 1. The summed E-state index contributed by atoms with van der Waals surface area (Å²) in [5.74, 6) is 0.510. The second-order valence-corrected chi connectivity index (χ2v) is 11.0. The van der Waals surface area contributed by atoms with E-state index in [0.29, 0.717) is 23.5 Å². The zero-order chi connectivity index (χ0) is 27.2. The molecular formula is C30H36N6O2. The van der Waals surface area contributed by atoms with E-state index >= 15 is 0 Å². The fraction of sp³-hybridized carbons (Fsp3) is 0.400. The summed E-state index contributed by atoms with van der Waals surface area (Å²) in [6.45, 7) is 11.3. The number of benzene rings is 1. The number of hydrogen-bond donors (Lipinski definition) is 2. The Kier molecular flexibility index (Phi) is 6.59. The van der Waals surface area contributed by atoms with Crippen LogP contribution < -0.4 is 11.1 Å². The Bertz CT molecular complexity index is 1490. The van der Waals surface area contributed by atoms with Crippen LogP contribution in [0.5, 0.6) is 0 Å². The van der Waals surface area contributed by atoms with Crippen molar-refractivity contribution >= 4 is 39.9 Å². The normalized spacial score (nSPS) is 19.5. The summed E-state index contributed by atoms with van der Waals surface area (Å²) in [7, 11) is 1.99. The molecule has 5 rings (SSSR count). The number of nitrogen functional groups attached to an aromatic ring is 1. The molecule has 3 heterocycles. The SMILES string of the molecule is C=C(C)C(=O)Nc1ccc(-c2c(C3=CC[C@](C)(C(=O)N4CCCC4)CC3)c3c(N)ncnc3n2C)c(C)c1. The smallest absolute Gasteiger partial charge is 0.250 e. The number of hydrogen-bond acceptors (Lipinski definition) is 5. The van der Waals surface area contributed by atoms with Crippen LogP contribution in [0.1, 0.15) is 57.1 Å². The molecule has 1 aliphatic carbocycles. The van der Waals surface area contributed by atoms with Crippen LogP contribution in [0.15, 0.2) is 42.8 Å². The number of allylic oxidation sites excluding steroid dienone is 2. The van der Waals surface area contributed by atoms with E-state index in [0.717, 1.165) is 77.8 Å². The minimum Gasteiger partial charge on any atom is -0.383 e. The average molecular weight is 513 g/mol. The number of nitrogens with two attached hydrogens (primary N) is 1. The lowest BCUT2D eigenvalue weighted by molar-refractivity contribution is -0.140. The number of anilines is 2. The Labute approximate surface area is 223 Å². The lowest BCUT2D eigenvalue weighted by Crippen LogP contribution is -2.41. The van der Waals surface area contributed by atoms with E-state index in [9.17, 15) is 9.59 Å². The Morgan fingerprint density at radius 1 is 1.18 bits per heavy atom. The number of carbonyl (C=O) groups is 2. The topological polar surface area (TPSA) is 106 Å². The Hall–Kier alpha value is -3.94. The lowest BCUT2D eigenvalue weighted by Gasteiger charge is -2.35. The Morgan fingerprint density at radius 3 is 2.55 bits per heavy atom. The van der Waals surface area contributed by atoms with Gasteiger partial charge in [-0.1, -0.05) is 25.6 Å². The number of aromatic nitrogens is 3. The molecule has 1 aliphatic heterocycles. The second kappa shape index (κ2) is 9.74. The maximum Gasteiger partial charge on any atom is 0.250 e. The van der Waals surface area contributed by atoms with Gasteiger partial charge >= 0.3 is 0 Å². The van der Waals surface area contributed by atoms with Crippen molar-refractivity contribution in [2.75, 3.05) is 24.1 Å². The third kappa shape index (κ3) is 4.38. The van der Waals surface area contributed by atoms with Crippen molar-refractivity contribution in [1.29, 1.82) is 0 Å². The number of carbonyl (C=O) groups excluding carboxylic acids is 2. The number of aryl methyl sites for hydroxylation is 2. The van der Waals surface area contributed by atoms with Crippen LogP contribution in [0.2, 0.25) is 0 Å². The minimum absolute atomic E-state index is 0.204. The van der Waals surface area contributed by atoms with Crippen LogP contribution in [0.25, 0.3) is 27.9 Å². The van der Waals surface area contributed by atoms with Gasteiger partial charge < -0.3 is 20.5 Å². The van der Waals surface area contributed by atoms with E-state index in [2.05, 4.69) is 39.4 Å². The molecule has 0 bridgehead atoms. The van der Waals surface area contributed by atoms with Gasteiger partial charge in [0.05, 0.1) is 16.5 Å². The third-order valence-corrected chi connectivity index (χ3v) is 8.10. The maximum atomic E-state index is 13.3. The molecule has 3 N–H and O–H groups in total. The zero-order valence-electron chi connectivity index (χ0n) is 22.7. The molecule has 1 saturated heterocycles. The fourth-order valence-corrected chi connectivity index (χ4v) is 5.83. The minimum atomic E-state index is -0.389. The molecule has 0 saturated carbocycles. The Balaban J connectivity index is 1.59. The standard InChI is InChI=1S/C30H36N6O2/c1-18(2)28(37)34-21-8-9-22(19(3)16-21)25-23(24-26(31)32-17-33-27(24)35(25)5)20-10-12-30(4,13-11-20)29(38)36-14-6-7-15-36/h8-10,16-17H,1,6-7,11-15H2,2-5H3,(H,34,37)(H2,31,32,33)/t30-/m0/s1. The van der Waals surface area contributed by atoms with Gasteiger partial charge in [0.2, 0.25) is 5.91 Å². The molecule has 0 unspecified atom stereocenters. The summed E-state index contributed by atoms with van der Waals surface area (Å²) < 4.78 is 2.07. The van der Waals surface area contributed by atoms with Crippen molar-refractivity contribution < 1.29 is 9.59 Å². The summed E-state index contributed by atoms with van der Waals surface area (Å²) in [5.41, 5.74) is 13.2. The van der Waals surface area contributed by atoms with Gasteiger partial charge in [-0.15, -0.1) is 0 Å². The van der Waals surface area contributed by atoms with Gasteiger partial charge in [-0.05, 0) is 69.2 Å². The van der Waals surface area contributed by atoms with Crippen LogP contribution in [-0.4, -0.2) is 44.3 Å². The first-order chi connectivity index (χ1) is 18.1. The summed E-state index contributed by atoms with van der Waals surface area (Å²) in [4.78, 5) is 36.4. The molecule has 2 amide bonds. The van der Waals surface area contributed by atoms with E-state index in [1.807, 2.05) is 37.1 Å². The van der Waals surface area contributed by atoms with E-state index in [1.54, 1.807) is 6.92 Å². The van der Waals surface area contributed by atoms with E-state index in [1.165, 1.54) is 6.33 Å². The average Bonchev–Trinajstić information content (AvgIpc) is 3.52. The molecule has 198 valence electrons. The monoisotopic (exact) mass is 512 g/mol. The molecule has 1 atom stereocenters. The maximum absolute atomic E-state index is 13.3. The first-order valence-corrected chi connectivity index (χ1v) is 13.3. The van der Waals surface area contributed by atoms with E-state index in [4.69, 9.17) is 5.73 Å². The number of nitrogens with zero attached hydrogens (tertiary/aromatic N) is 4. The zero-order valence-corrected chi connectivity index (χ0v) is 22.7. The number of nitrogens with one attached hydrogen (secondary N) is 1. The van der Waals surface area contributed by atoms with Gasteiger partial charge in [0.15, 0.2) is 0 Å². The lowest BCUT2D eigenvalue weighted by atomic mass is 9.74. The van der Waals surface area contributed by atoms with Crippen LogP contribution in [0.4, 0.5) is 11.5 Å². The molecule has 2 aliphatic rings. The van der Waals surface area contributed by atoms with Crippen LogP contribution in [0, 0.1) is 12.3 Å². The molecule has 1 fully saturated rings. The molecule has 2 aromatic heterocycles. The van der Waals surface area contributed by atoms with Gasteiger partial charge in [-0.3, -0.25) is 9.59 Å². The second-order valence-electron chi connectivity index (χ2n) is 11.0. The molecule has 38 heavy (non-hydrogen) atoms. The highest BCUT2D eigenvalue weighted by Crippen LogP contribution is 2.46. The predicted octanol–water partition coefficient (Wildman–Crippen LogP) is 5.24. The first-order valence-electron chi connectivity index (χ1n) is 13.3. The molecule has 8 nitrogen and oxygen atoms in total. The number of likely N-dealkylation sites (tertiary alicyclic amines) is 1. The van der Waals surface area contributed by atoms with Gasteiger partial charge in [0, 0.05) is 42.5 Å². The molecule has 0 spiro atoms. The highest BCUT2D eigenvalue weighted by molar-refractivity contribution is 6.05. The van der Waals surface area contributed by atoms with Crippen LogP contribution in [-0.2, 0) is 16.6 Å². The van der Waals surface area contributed by atoms with Crippen molar-refractivity contribution in [3.8, 4) is 11.3 Å². The molecule has 0 radical (unpaired) electrons. The summed E-state index contributed by atoms with van der Waals surface area (Å²) >= 11 is 0. The molecule has 1 aromatic carbocycles. The van der Waals surface area contributed by atoms with E-state index in [-0.39, 0.29) is 17.2 Å². The van der Waals surface area contributed by atoms with Gasteiger partial charge in [-0.25, -0.2) is 9.97 Å². The van der Waals surface area contributed by atoms with Crippen LogP contribution in [0.3, 0.4) is 0 Å². The molecular weight excluding hydrogens is 476 g/mol. The summed E-state index contributed by atoms with van der Waals surface area (Å²) in [6, 6.07) is 5.89. The van der Waals surface area contributed by atoms with Gasteiger partial charge in [-0.2, -0.15) is 0 Å². The molecule has 8 heteroatoms. The molecule has 3 aromatic rings. The van der Waals surface area contributed by atoms with E-state index < -0.39 is 0 Å². The summed E-state index contributed by atoms with van der Waals surface area (Å²) in [5, 5.41) is 3.73. The van der Waals surface area contributed by atoms with Gasteiger partial charge in [0.1, 0.15) is 17.8 Å². The largest absolute Gasteiger partial charge is 0.383 e. The fourth-order valence-electron chi connectivity index (χ4n) is 5.83.